The molecule has 0 spiro atoms. The molecule has 4 rings (SSSR count). The zero-order valence-corrected chi connectivity index (χ0v) is 21.4. The number of rotatable bonds is 9. The van der Waals surface area contributed by atoms with Gasteiger partial charge < -0.3 is 9.64 Å². The van der Waals surface area contributed by atoms with Crippen LogP contribution in [-0.2, 0) is 14.8 Å². The molecule has 35 heavy (non-hydrogen) atoms. The number of anilines is 1. The van der Waals surface area contributed by atoms with E-state index in [1.807, 2.05) is 0 Å². The zero-order chi connectivity index (χ0) is 25.1. The molecule has 3 heterocycles. The lowest BCUT2D eigenvalue weighted by Crippen LogP contribution is -2.43. The summed E-state index contributed by atoms with van der Waals surface area (Å²) in [7, 11) is -3.86. The van der Waals surface area contributed by atoms with Crippen LogP contribution in [0.15, 0.2) is 12.4 Å². The molecule has 2 atom stereocenters. The fraction of sp³-hybridized carbons (Fsp3) is 0.826. The molecule has 1 aromatic heterocycles. The van der Waals surface area contributed by atoms with E-state index in [9.17, 15) is 21.6 Å². The van der Waals surface area contributed by atoms with Gasteiger partial charge in [-0.1, -0.05) is 11.6 Å². The molecule has 0 aromatic carbocycles. The summed E-state index contributed by atoms with van der Waals surface area (Å²) in [5, 5.41) is 0.539. The fourth-order valence-electron chi connectivity index (χ4n) is 5.53. The maximum absolute atomic E-state index is 12.4. The Labute approximate surface area is 210 Å². The first kappa shape index (κ1) is 26.9. The van der Waals surface area contributed by atoms with Crippen LogP contribution in [0, 0.1) is 23.7 Å². The van der Waals surface area contributed by atoms with Gasteiger partial charge in [0.2, 0.25) is 16.0 Å². The third-order valence-electron chi connectivity index (χ3n) is 7.81. The van der Waals surface area contributed by atoms with Gasteiger partial charge >= 0.3 is 6.18 Å². The van der Waals surface area contributed by atoms with Crippen molar-refractivity contribution in [1.82, 2.24) is 14.3 Å². The smallest absolute Gasteiger partial charge is 0.381 e. The van der Waals surface area contributed by atoms with Crippen molar-refractivity contribution in [2.24, 2.45) is 23.7 Å². The van der Waals surface area contributed by atoms with Gasteiger partial charge in [0.15, 0.2) is 0 Å². The molecule has 2 unspecified atom stereocenters. The second-order valence-electron chi connectivity index (χ2n) is 10.1. The van der Waals surface area contributed by atoms with E-state index in [4.69, 9.17) is 16.3 Å². The van der Waals surface area contributed by atoms with Crippen LogP contribution in [0.25, 0.3) is 0 Å². The van der Waals surface area contributed by atoms with Gasteiger partial charge in [-0.15, -0.1) is 0 Å². The molecule has 0 amide bonds. The van der Waals surface area contributed by atoms with Crippen LogP contribution in [-0.4, -0.2) is 74.0 Å². The van der Waals surface area contributed by atoms with Crippen LogP contribution < -0.4 is 4.90 Å². The normalized spacial score (nSPS) is 25.5. The van der Waals surface area contributed by atoms with Crippen molar-refractivity contribution < 1.29 is 26.3 Å². The average molecular weight is 539 g/mol. The third-order valence-corrected chi connectivity index (χ3v) is 9.87. The van der Waals surface area contributed by atoms with Crippen LogP contribution in [0.1, 0.15) is 44.9 Å². The number of sulfonamides is 1. The Morgan fingerprint density at radius 2 is 1.63 bits per heavy atom. The minimum absolute atomic E-state index is 0.255. The Balaban J connectivity index is 1.13. The maximum Gasteiger partial charge on any atom is 0.390 e. The van der Waals surface area contributed by atoms with Crippen molar-refractivity contribution >= 4 is 27.6 Å². The fourth-order valence-corrected chi connectivity index (χ4v) is 7.15. The first-order chi connectivity index (χ1) is 16.6. The Morgan fingerprint density at radius 1 is 0.971 bits per heavy atom. The van der Waals surface area contributed by atoms with E-state index in [0.29, 0.717) is 42.2 Å². The summed E-state index contributed by atoms with van der Waals surface area (Å²) < 4.78 is 68.8. The van der Waals surface area contributed by atoms with Gasteiger partial charge in [0.05, 0.1) is 29.6 Å². The van der Waals surface area contributed by atoms with Crippen molar-refractivity contribution in [2.45, 2.75) is 51.1 Å². The standard InChI is InChI=1S/C23H34ClF3N4O3S/c24-20-13-28-22(29-14-20)30-8-5-18(6-9-30)21-2-1-19(21)16-34-15-17-3-10-31(11-4-17)35(32,33)12-7-23(25,26)27/h13-14,17-19,21H,1-12,15-16H2. The molecule has 2 aliphatic heterocycles. The lowest BCUT2D eigenvalue weighted by atomic mass is 9.65. The summed E-state index contributed by atoms with van der Waals surface area (Å²) in [6.45, 7) is 3.76. The molecule has 1 saturated carbocycles. The Morgan fingerprint density at radius 3 is 2.20 bits per heavy atom. The van der Waals surface area contributed by atoms with Crippen molar-refractivity contribution in [3.05, 3.63) is 17.4 Å². The summed E-state index contributed by atoms with van der Waals surface area (Å²) in [4.78, 5) is 10.9. The molecule has 7 nitrogen and oxygen atoms in total. The van der Waals surface area contributed by atoms with E-state index in [2.05, 4.69) is 14.9 Å². The van der Waals surface area contributed by atoms with Gasteiger partial charge in [-0.3, -0.25) is 0 Å². The van der Waals surface area contributed by atoms with Crippen molar-refractivity contribution in [2.75, 3.05) is 50.0 Å². The highest BCUT2D eigenvalue weighted by atomic mass is 35.5. The van der Waals surface area contributed by atoms with Crippen LogP contribution in [0.3, 0.4) is 0 Å². The van der Waals surface area contributed by atoms with Crippen molar-refractivity contribution in [1.29, 1.82) is 0 Å². The van der Waals surface area contributed by atoms with Crippen LogP contribution >= 0.6 is 11.6 Å². The summed E-state index contributed by atoms with van der Waals surface area (Å²) in [5.74, 6) is 2.06. The van der Waals surface area contributed by atoms with Crippen LogP contribution in [0.5, 0.6) is 0 Å². The first-order valence-electron chi connectivity index (χ1n) is 12.5. The van der Waals surface area contributed by atoms with Crippen LogP contribution in [0.2, 0.25) is 5.02 Å². The Kier molecular flexibility index (Phi) is 8.82. The molecule has 0 N–H and O–H groups in total. The number of piperidine rings is 2. The summed E-state index contributed by atoms with van der Waals surface area (Å²) >= 11 is 5.88. The molecule has 198 valence electrons. The molecule has 3 fully saturated rings. The van der Waals surface area contributed by atoms with E-state index in [1.165, 1.54) is 17.1 Å². The molecule has 0 radical (unpaired) electrons. The SMILES string of the molecule is O=S(=O)(CCC(F)(F)F)N1CCC(COCC2CCC2C2CCN(c3ncc(Cl)cn3)CC2)CC1. The van der Waals surface area contributed by atoms with E-state index in [1.54, 1.807) is 12.4 Å². The largest absolute Gasteiger partial charge is 0.390 e. The monoisotopic (exact) mass is 538 g/mol. The molecule has 2 saturated heterocycles. The number of halogens is 4. The summed E-state index contributed by atoms with van der Waals surface area (Å²) in [6.07, 6.45) is 3.43. The second-order valence-corrected chi connectivity index (χ2v) is 12.6. The highest BCUT2D eigenvalue weighted by Crippen LogP contribution is 2.44. The number of aromatic nitrogens is 2. The number of hydrogen-bond acceptors (Lipinski definition) is 6. The Bertz CT molecular complexity index is 919. The van der Waals surface area contributed by atoms with E-state index < -0.39 is 28.4 Å². The lowest BCUT2D eigenvalue weighted by molar-refractivity contribution is -0.130. The Hall–Kier alpha value is -1.17. The van der Waals surface area contributed by atoms with E-state index in [-0.39, 0.29) is 19.0 Å². The van der Waals surface area contributed by atoms with Crippen molar-refractivity contribution in [3.8, 4) is 0 Å². The van der Waals surface area contributed by atoms with Gasteiger partial charge in [0.25, 0.3) is 0 Å². The highest BCUT2D eigenvalue weighted by molar-refractivity contribution is 7.89. The minimum Gasteiger partial charge on any atom is -0.381 e. The zero-order valence-electron chi connectivity index (χ0n) is 19.8. The van der Waals surface area contributed by atoms with Crippen molar-refractivity contribution in [3.63, 3.8) is 0 Å². The van der Waals surface area contributed by atoms with Gasteiger partial charge in [0.1, 0.15) is 0 Å². The molecule has 1 aromatic rings. The topological polar surface area (TPSA) is 75.6 Å². The molecule has 0 bridgehead atoms. The summed E-state index contributed by atoms with van der Waals surface area (Å²) in [5.41, 5.74) is 0. The molecular formula is C23H34ClF3N4O3S. The predicted octanol–water partition coefficient (Wildman–Crippen LogP) is 4.38. The van der Waals surface area contributed by atoms with Gasteiger partial charge in [-0.25, -0.2) is 22.7 Å². The van der Waals surface area contributed by atoms with Gasteiger partial charge in [0, 0.05) is 39.4 Å². The molecule has 12 heteroatoms. The third kappa shape index (κ3) is 7.42. The molecular weight excluding hydrogens is 505 g/mol. The number of alkyl halides is 3. The van der Waals surface area contributed by atoms with E-state index >= 15 is 0 Å². The van der Waals surface area contributed by atoms with Gasteiger partial charge in [-0.05, 0) is 62.2 Å². The molecule has 3 aliphatic rings. The first-order valence-corrected chi connectivity index (χ1v) is 14.4. The number of hydrogen-bond donors (Lipinski definition) is 0. The maximum atomic E-state index is 12.4. The quantitative estimate of drug-likeness (QED) is 0.464. The minimum atomic E-state index is -4.46. The molecule has 1 aliphatic carbocycles. The van der Waals surface area contributed by atoms with Crippen LogP contribution in [0.4, 0.5) is 19.1 Å². The number of nitrogens with zero attached hydrogens (tertiary/aromatic N) is 4. The predicted molar refractivity (Wildman–Crippen MR) is 128 cm³/mol. The number of ether oxygens (including phenoxy) is 1. The van der Waals surface area contributed by atoms with E-state index in [0.717, 1.165) is 38.5 Å². The summed E-state index contributed by atoms with van der Waals surface area (Å²) in [6, 6.07) is 0. The average Bonchev–Trinajstić information content (AvgIpc) is 2.81. The lowest BCUT2D eigenvalue weighted by Gasteiger charge is -2.45. The van der Waals surface area contributed by atoms with Gasteiger partial charge in [-0.2, -0.15) is 13.2 Å². The highest BCUT2D eigenvalue weighted by Gasteiger charge is 2.39. The second kappa shape index (κ2) is 11.5.